The lowest BCUT2D eigenvalue weighted by atomic mass is 10.1. The molecule has 1 heterocycles. The average Bonchev–Trinajstić information content (AvgIpc) is 2.84. The fourth-order valence-corrected chi connectivity index (χ4v) is 1.83. The number of nitrogens with two attached hydrogens (primary N) is 1. The van der Waals surface area contributed by atoms with Gasteiger partial charge in [0.1, 0.15) is 6.33 Å². The Bertz CT molecular complexity index is 732. The molecule has 0 radical (unpaired) electrons. The number of hydrogen-bond acceptors (Lipinski definition) is 4. The van der Waals surface area contributed by atoms with E-state index in [-0.39, 0.29) is 11.9 Å². The van der Waals surface area contributed by atoms with Gasteiger partial charge in [0.05, 0.1) is 0 Å². The number of benzene rings is 2. The highest BCUT2D eigenvalue weighted by molar-refractivity contribution is 5.99. The van der Waals surface area contributed by atoms with E-state index in [9.17, 15) is 4.79 Å². The first-order chi connectivity index (χ1) is 8.74. The summed E-state index contributed by atoms with van der Waals surface area (Å²) in [5, 5.41) is 5.90. The van der Waals surface area contributed by atoms with Gasteiger partial charge >= 0.3 is 0 Å². The molecular weight excluding hydrogens is 228 g/mol. The predicted molar refractivity (Wildman–Crippen MR) is 68.1 cm³/mol. The molecule has 3 rings (SSSR count). The van der Waals surface area contributed by atoms with Crippen molar-refractivity contribution in [2.45, 2.75) is 0 Å². The lowest BCUT2D eigenvalue weighted by Gasteiger charge is -2.02. The smallest absolute Gasteiger partial charge is 0.279 e. The Morgan fingerprint density at radius 2 is 1.89 bits per heavy atom. The number of hydrogen-bond donors (Lipinski definition) is 1. The van der Waals surface area contributed by atoms with Gasteiger partial charge in [-0.15, -0.1) is 5.10 Å². The summed E-state index contributed by atoms with van der Waals surface area (Å²) in [6.45, 7) is 0. The van der Waals surface area contributed by atoms with E-state index in [0.29, 0.717) is 5.56 Å². The Morgan fingerprint density at radius 1 is 1.11 bits per heavy atom. The number of aromatic nitrogens is 3. The van der Waals surface area contributed by atoms with Gasteiger partial charge in [0.25, 0.3) is 5.91 Å². The molecule has 0 aliphatic carbocycles. The van der Waals surface area contributed by atoms with Crippen LogP contribution in [0.3, 0.4) is 0 Å². The van der Waals surface area contributed by atoms with Crippen LogP contribution in [0.2, 0.25) is 0 Å². The van der Waals surface area contributed by atoms with Crippen LogP contribution in [0.1, 0.15) is 10.4 Å². The van der Waals surface area contributed by atoms with E-state index in [2.05, 4.69) is 10.1 Å². The van der Waals surface area contributed by atoms with Crippen LogP contribution in [0.15, 0.2) is 48.8 Å². The predicted octanol–water partition coefficient (Wildman–Crippen LogP) is 1.70. The first kappa shape index (κ1) is 10.5. The molecule has 0 unspecified atom stereocenters. The van der Waals surface area contributed by atoms with E-state index in [1.807, 2.05) is 36.4 Å². The summed E-state index contributed by atoms with van der Waals surface area (Å²) in [6.07, 6.45) is 1.31. The maximum atomic E-state index is 12.1. The van der Waals surface area contributed by atoms with E-state index < -0.39 is 0 Å². The van der Waals surface area contributed by atoms with E-state index >= 15 is 0 Å². The highest BCUT2D eigenvalue weighted by atomic mass is 16.2. The van der Waals surface area contributed by atoms with Crippen LogP contribution < -0.4 is 5.73 Å². The van der Waals surface area contributed by atoms with E-state index in [0.717, 1.165) is 15.5 Å². The SMILES string of the molecule is Nc1ncn(C(=O)c2ccc3ccccc3c2)n1. The van der Waals surface area contributed by atoms with Crippen LogP contribution in [-0.2, 0) is 0 Å². The maximum Gasteiger partial charge on any atom is 0.279 e. The minimum Gasteiger partial charge on any atom is -0.366 e. The lowest BCUT2D eigenvalue weighted by Crippen LogP contribution is -2.12. The van der Waals surface area contributed by atoms with Gasteiger partial charge < -0.3 is 5.73 Å². The average molecular weight is 238 g/mol. The number of carbonyl (C=O) groups is 1. The summed E-state index contributed by atoms with van der Waals surface area (Å²) in [4.78, 5) is 15.8. The Morgan fingerprint density at radius 3 is 2.61 bits per heavy atom. The summed E-state index contributed by atoms with van der Waals surface area (Å²) < 4.78 is 1.14. The number of fused-ring (bicyclic) bond motifs is 1. The highest BCUT2D eigenvalue weighted by Crippen LogP contribution is 2.16. The molecule has 0 saturated carbocycles. The molecule has 0 spiro atoms. The standard InChI is InChI=1S/C13H10N4O/c14-13-15-8-17(16-13)12(18)11-6-5-9-3-1-2-4-10(9)7-11/h1-8H,(H2,14,16). The summed E-state index contributed by atoms with van der Waals surface area (Å²) in [7, 11) is 0. The molecule has 5 nitrogen and oxygen atoms in total. The molecule has 0 atom stereocenters. The molecule has 18 heavy (non-hydrogen) atoms. The zero-order valence-corrected chi connectivity index (χ0v) is 9.45. The second-order valence-corrected chi connectivity index (χ2v) is 3.91. The van der Waals surface area contributed by atoms with Gasteiger partial charge in [0.2, 0.25) is 5.95 Å². The number of carbonyl (C=O) groups excluding carboxylic acids is 1. The zero-order valence-electron chi connectivity index (χ0n) is 9.45. The monoisotopic (exact) mass is 238 g/mol. The molecular formula is C13H10N4O. The Labute approximate surface area is 103 Å². The lowest BCUT2D eigenvalue weighted by molar-refractivity contribution is 0.0945. The van der Waals surface area contributed by atoms with Crippen LogP contribution in [0.5, 0.6) is 0 Å². The summed E-state index contributed by atoms with van der Waals surface area (Å²) in [6, 6.07) is 13.4. The molecule has 0 saturated heterocycles. The second-order valence-electron chi connectivity index (χ2n) is 3.91. The Balaban J connectivity index is 2.06. The largest absolute Gasteiger partial charge is 0.366 e. The molecule has 0 aliphatic heterocycles. The van der Waals surface area contributed by atoms with Crippen LogP contribution in [-0.4, -0.2) is 20.7 Å². The molecule has 0 bridgehead atoms. The summed E-state index contributed by atoms with van der Waals surface area (Å²) in [5.74, 6) is -0.158. The van der Waals surface area contributed by atoms with E-state index in [1.165, 1.54) is 6.33 Å². The van der Waals surface area contributed by atoms with Crippen molar-refractivity contribution < 1.29 is 4.79 Å². The molecule has 0 fully saturated rings. The Kier molecular flexibility index (Phi) is 2.30. The number of anilines is 1. The van der Waals surface area contributed by atoms with Crippen LogP contribution in [0.4, 0.5) is 5.95 Å². The first-order valence-corrected chi connectivity index (χ1v) is 5.45. The minimum absolute atomic E-state index is 0.0872. The van der Waals surface area contributed by atoms with Crippen molar-refractivity contribution in [1.82, 2.24) is 14.8 Å². The van der Waals surface area contributed by atoms with Gasteiger partial charge in [-0.3, -0.25) is 4.79 Å². The van der Waals surface area contributed by atoms with Crippen molar-refractivity contribution in [2.24, 2.45) is 0 Å². The quantitative estimate of drug-likeness (QED) is 0.700. The van der Waals surface area contributed by atoms with Crippen LogP contribution in [0.25, 0.3) is 10.8 Å². The molecule has 1 aromatic heterocycles. The van der Waals surface area contributed by atoms with Crippen molar-refractivity contribution in [3.63, 3.8) is 0 Å². The third kappa shape index (κ3) is 1.71. The van der Waals surface area contributed by atoms with Crippen molar-refractivity contribution in [2.75, 3.05) is 5.73 Å². The molecule has 3 aromatic rings. The van der Waals surface area contributed by atoms with Crippen molar-refractivity contribution in [3.8, 4) is 0 Å². The molecule has 5 heteroatoms. The minimum atomic E-state index is -0.245. The number of nitrogen functional groups attached to an aromatic ring is 1. The summed E-state index contributed by atoms with van der Waals surface area (Å²) in [5.41, 5.74) is 5.94. The van der Waals surface area contributed by atoms with Crippen LogP contribution in [0, 0.1) is 0 Å². The third-order valence-corrected chi connectivity index (χ3v) is 2.71. The molecule has 2 aromatic carbocycles. The van der Waals surface area contributed by atoms with Gasteiger partial charge in [-0.05, 0) is 22.9 Å². The first-order valence-electron chi connectivity index (χ1n) is 5.45. The number of nitrogens with zero attached hydrogens (tertiary/aromatic N) is 3. The van der Waals surface area contributed by atoms with Crippen molar-refractivity contribution in [3.05, 3.63) is 54.4 Å². The van der Waals surface area contributed by atoms with Crippen molar-refractivity contribution in [1.29, 1.82) is 0 Å². The second kappa shape index (κ2) is 3.96. The fourth-order valence-electron chi connectivity index (χ4n) is 1.83. The molecule has 88 valence electrons. The third-order valence-electron chi connectivity index (χ3n) is 2.71. The van der Waals surface area contributed by atoms with Gasteiger partial charge in [0, 0.05) is 5.56 Å². The van der Waals surface area contributed by atoms with Gasteiger partial charge in [-0.1, -0.05) is 30.3 Å². The fraction of sp³-hybridized carbons (Fsp3) is 0. The van der Waals surface area contributed by atoms with E-state index in [1.54, 1.807) is 6.07 Å². The normalized spacial score (nSPS) is 10.7. The molecule has 2 N–H and O–H groups in total. The molecule has 0 aliphatic rings. The number of rotatable bonds is 1. The topological polar surface area (TPSA) is 73.8 Å². The van der Waals surface area contributed by atoms with Crippen LogP contribution >= 0.6 is 0 Å². The highest BCUT2D eigenvalue weighted by Gasteiger charge is 2.10. The molecule has 0 amide bonds. The Hall–Kier alpha value is -2.69. The zero-order chi connectivity index (χ0) is 12.5. The van der Waals surface area contributed by atoms with Gasteiger partial charge in [-0.2, -0.15) is 4.68 Å². The maximum absolute atomic E-state index is 12.1. The van der Waals surface area contributed by atoms with Gasteiger partial charge in [-0.25, -0.2) is 4.98 Å². The van der Waals surface area contributed by atoms with E-state index in [4.69, 9.17) is 5.73 Å². The summed E-state index contributed by atoms with van der Waals surface area (Å²) >= 11 is 0. The van der Waals surface area contributed by atoms with Gasteiger partial charge in [0.15, 0.2) is 0 Å². The van der Waals surface area contributed by atoms with Crippen molar-refractivity contribution >= 4 is 22.6 Å².